The van der Waals surface area contributed by atoms with Gasteiger partial charge in [0, 0.05) is 5.69 Å². The van der Waals surface area contributed by atoms with E-state index in [-0.39, 0.29) is 11.9 Å². The van der Waals surface area contributed by atoms with Crippen molar-refractivity contribution in [3.05, 3.63) is 42.5 Å². The molecule has 0 aromatic heterocycles. The molecule has 0 fully saturated rings. The highest BCUT2D eigenvalue weighted by atomic mass is 16.5. The Morgan fingerprint density at radius 1 is 1.42 bits per heavy atom. The first-order chi connectivity index (χ1) is 9.08. The lowest BCUT2D eigenvalue weighted by Crippen LogP contribution is -2.35. The number of anilines is 1. The average molecular weight is 262 g/mol. The molecular formula is C14H18N2O3. The van der Waals surface area contributed by atoms with E-state index in [0.29, 0.717) is 24.3 Å². The van der Waals surface area contributed by atoms with Crippen LogP contribution in [0.2, 0.25) is 0 Å². The van der Waals surface area contributed by atoms with E-state index in [1.807, 2.05) is 0 Å². The van der Waals surface area contributed by atoms with E-state index in [1.165, 1.54) is 0 Å². The van der Waals surface area contributed by atoms with Crippen molar-refractivity contribution >= 4 is 17.6 Å². The third kappa shape index (κ3) is 4.56. The minimum atomic E-state index is -0.623. The summed E-state index contributed by atoms with van der Waals surface area (Å²) in [6.45, 7) is 5.60. The first-order valence-electron chi connectivity index (χ1n) is 6.03. The summed E-state index contributed by atoms with van der Waals surface area (Å²) in [4.78, 5) is 23.1. The lowest BCUT2D eigenvalue weighted by atomic mass is 10.2. The summed E-state index contributed by atoms with van der Waals surface area (Å²) in [6.07, 6.45) is 2.00. The second kappa shape index (κ2) is 7.33. The number of esters is 1. The molecule has 0 aliphatic heterocycles. The molecule has 0 bridgehead atoms. The van der Waals surface area contributed by atoms with Crippen molar-refractivity contribution in [3.63, 3.8) is 0 Å². The second-order valence-corrected chi connectivity index (χ2v) is 3.92. The Labute approximate surface area is 112 Å². The maximum atomic E-state index is 11.6. The minimum absolute atomic E-state index is 0.288. The van der Waals surface area contributed by atoms with Gasteiger partial charge in [-0.25, -0.2) is 4.79 Å². The Morgan fingerprint density at radius 3 is 2.58 bits per heavy atom. The summed E-state index contributed by atoms with van der Waals surface area (Å²) in [5.41, 5.74) is 6.66. The summed E-state index contributed by atoms with van der Waals surface area (Å²) < 4.78 is 4.86. The molecule has 5 nitrogen and oxygen atoms in total. The molecule has 0 saturated heterocycles. The van der Waals surface area contributed by atoms with Crippen LogP contribution in [0.5, 0.6) is 0 Å². The van der Waals surface area contributed by atoms with Gasteiger partial charge in [0.15, 0.2) is 0 Å². The minimum Gasteiger partial charge on any atom is -0.462 e. The van der Waals surface area contributed by atoms with E-state index in [4.69, 9.17) is 10.5 Å². The smallest absolute Gasteiger partial charge is 0.338 e. The van der Waals surface area contributed by atoms with Gasteiger partial charge in [0.25, 0.3) is 0 Å². The molecule has 0 heterocycles. The summed E-state index contributed by atoms with van der Waals surface area (Å²) in [5.74, 6) is -0.674. The Bertz CT molecular complexity index is 454. The summed E-state index contributed by atoms with van der Waals surface area (Å²) in [7, 11) is 0. The zero-order chi connectivity index (χ0) is 14.3. The molecule has 0 aliphatic rings. The number of hydrogen-bond donors (Lipinski definition) is 2. The zero-order valence-electron chi connectivity index (χ0n) is 10.9. The molecule has 102 valence electrons. The number of rotatable bonds is 6. The first kappa shape index (κ1) is 14.9. The molecule has 1 amide bonds. The number of nitrogens with one attached hydrogen (secondary N) is 1. The molecule has 0 aliphatic carbocycles. The summed E-state index contributed by atoms with van der Waals surface area (Å²) in [6, 6.07) is 5.82. The van der Waals surface area contributed by atoms with Gasteiger partial charge in [0.2, 0.25) is 5.91 Å². The number of carbonyl (C=O) groups excluding carboxylic acids is 2. The highest BCUT2D eigenvalue weighted by Gasteiger charge is 2.12. The fourth-order valence-corrected chi connectivity index (χ4v) is 1.43. The molecule has 0 radical (unpaired) electrons. The highest BCUT2D eigenvalue weighted by Crippen LogP contribution is 2.11. The number of amides is 1. The van der Waals surface area contributed by atoms with E-state index < -0.39 is 6.04 Å². The molecule has 1 rings (SSSR count). The molecule has 1 aromatic carbocycles. The van der Waals surface area contributed by atoms with Gasteiger partial charge in [0.1, 0.15) is 0 Å². The van der Waals surface area contributed by atoms with Crippen molar-refractivity contribution in [3.8, 4) is 0 Å². The Morgan fingerprint density at radius 2 is 2.05 bits per heavy atom. The number of carbonyl (C=O) groups is 2. The van der Waals surface area contributed by atoms with Crippen LogP contribution in [-0.2, 0) is 9.53 Å². The number of benzene rings is 1. The van der Waals surface area contributed by atoms with Crippen LogP contribution >= 0.6 is 0 Å². The van der Waals surface area contributed by atoms with Crippen LogP contribution in [0.1, 0.15) is 23.7 Å². The highest BCUT2D eigenvalue weighted by molar-refractivity contribution is 5.95. The van der Waals surface area contributed by atoms with Gasteiger partial charge in [-0.1, -0.05) is 6.08 Å². The topological polar surface area (TPSA) is 81.4 Å². The van der Waals surface area contributed by atoms with Gasteiger partial charge in [-0.15, -0.1) is 6.58 Å². The molecule has 1 atom stereocenters. The Balaban J connectivity index is 2.64. The lowest BCUT2D eigenvalue weighted by molar-refractivity contribution is -0.117. The van der Waals surface area contributed by atoms with Crippen molar-refractivity contribution in [2.45, 2.75) is 19.4 Å². The van der Waals surface area contributed by atoms with Gasteiger partial charge in [-0.05, 0) is 37.6 Å². The molecule has 5 heteroatoms. The molecule has 19 heavy (non-hydrogen) atoms. The molecule has 0 saturated carbocycles. The van der Waals surface area contributed by atoms with Crippen LogP contribution in [0.4, 0.5) is 5.69 Å². The number of nitrogens with two attached hydrogens (primary N) is 1. The van der Waals surface area contributed by atoms with E-state index in [1.54, 1.807) is 37.3 Å². The summed E-state index contributed by atoms with van der Waals surface area (Å²) in [5, 5.41) is 2.66. The van der Waals surface area contributed by atoms with Gasteiger partial charge in [0.05, 0.1) is 18.2 Å². The van der Waals surface area contributed by atoms with Crippen LogP contribution in [0, 0.1) is 0 Å². The molecule has 1 aromatic rings. The normalized spacial score (nSPS) is 11.5. The van der Waals surface area contributed by atoms with Gasteiger partial charge in [-0.2, -0.15) is 0 Å². The van der Waals surface area contributed by atoms with E-state index in [2.05, 4.69) is 11.9 Å². The van der Waals surface area contributed by atoms with E-state index >= 15 is 0 Å². The van der Waals surface area contributed by atoms with Crippen molar-refractivity contribution in [2.24, 2.45) is 5.73 Å². The standard InChI is InChI=1S/C14H18N2O3/c1-3-5-12(15)13(17)16-11-8-6-10(7-9-11)14(18)19-4-2/h3,6-9,12H,1,4-5,15H2,2H3,(H,16,17). The SMILES string of the molecule is C=CCC(N)C(=O)Nc1ccc(C(=O)OCC)cc1. The van der Waals surface area contributed by atoms with Gasteiger partial charge >= 0.3 is 5.97 Å². The van der Waals surface area contributed by atoms with Crippen molar-refractivity contribution in [2.75, 3.05) is 11.9 Å². The monoisotopic (exact) mass is 262 g/mol. The number of ether oxygens (including phenoxy) is 1. The van der Waals surface area contributed by atoms with Crippen LogP contribution in [0.15, 0.2) is 36.9 Å². The summed E-state index contributed by atoms with van der Waals surface area (Å²) >= 11 is 0. The fourth-order valence-electron chi connectivity index (χ4n) is 1.43. The molecule has 0 spiro atoms. The fraction of sp³-hybridized carbons (Fsp3) is 0.286. The quantitative estimate of drug-likeness (QED) is 0.604. The maximum absolute atomic E-state index is 11.6. The maximum Gasteiger partial charge on any atom is 0.338 e. The zero-order valence-corrected chi connectivity index (χ0v) is 10.9. The first-order valence-corrected chi connectivity index (χ1v) is 6.03. The average Bonchev–Trinajstić information content (AvgIpc) is 2.40. The molecule has 1 unspecified atom stereocenters. The predicted molar refractivity (Wildman–Crippen MR) is 73.8 cm³/mol. The van der Waals surface area contributed by atoms with Crippen molar-refractivity contribution < 1.29 is 14.3 Å². The second-order valence-electron chi connectivity index (χ2n) is 3.92. The largest absolute Gasteiger partial charge is 0.462 e. The van der Waals surface area contributed by atoms with Crippen LogP contribution in [0.3, 0.4) is 0 Å². The van der Waals surface area contributed by atoms with E-state index in [9.17, 15) is 9.59 Å². The third-order valence-corrected chi connectivity index (χ3v) is 2.42. The molecule has 3 N–H and O–H groups in total. The van der Waals surface area contributed by atoms with Crippen LogP contribution < -0.4 is 11.1 Å². The molecular weight excluding hydrogens is 244 g/mol. The van der Waals surface area contributed by atoms with Gasteiger partial charge in [-0.3, -0.25) is 4.79 Å². The third-order valence-electron chi connectivity index (χ3n) is 2.42. The van der Waals surface area contributed by atoms with Gasteiger partial charge < -0.3 is 15.8 Å². The van der Waals surface area contributed by atoms with Crippen LogP contribution in [0.25, 0.3) is 0 Å². The van der Waals surface area contributed by atoms with Crippen LogP contribution in [-0.4, -0.2) is 24.5 Å². The number of hydrogen-bond acceptors (Lipinski definition) is 4. The van der Waals surface area contributed by atoms with Crippen molar-refractivity contribution in [1.29, 1.82) is 0 Å². The Kier molecular flexibility index (Phi) is 5.75. The van der Waals surface area contributed by atoms with Crippen molar-refractivity contribution in [1.82, 2.24) is 0 Å². The lowest BCUT2D eigenvalue weighted by Gasteiger charge is -2.10. The predicted octanol–water partition coefficient (Wildman–Crippen LogP) is 1.71. The Hall–Kier alpha value is -2.14. The van der Waals surface area contributed by atoms with E-state index in [0.717, 1.165) is 0 Å².